The second kappa shape index (κ2) is 7.58. The van der Waals surface area contributed by atoms with Gasteiger partial charge in [0.15, 0.2) is 0 Å². The summed E-state index contributed by atoms with van der Waals surface area (Å²) in [7, 11) is -2.32. The molecule has 0 saturated carbocycles. The van der Waals surface area contributed by atoms with Crippen LogP contribution in [0.25, 0.3) is 10.9 Å². The number of morpholine rings is 1. The minimum absolute atomic E-state index is 0.150. The van der Waals surface area contributed by atoms with Crippen molar-refractivity contribution in [2.45, 2.75) is 9.79 Å². The van der Waals surface area contributed by atoms with E-state index in [0.29, 0.717) is 53.7 Å². The second-order valence-electron chi connectivity index (χ2n) is 6.41. The Labute approximate surface area is 168 Å². The Morgan fingerprint density at radius 3 is 2.68 bits per heavy atom. The molecule has 0 amide bonds. The van der Waals surface area contributed by atoms with Crippen molar-refractivity contribution >= 4 is 38.0 Å². The fourth-order valence-electron chi connectivity index (χ4n) is 3.34. The van der Waals surface area contributed by atoms with Gasteiger partial charge in [-0.2, -0.15) is 0 Å². The van der Waals surface area contributed by atoms with Crippen LogP contribution >= 0.6 is 11.6 Å². The lowest BCUT2D eigenvalue weighted by Crippen LogP contribution is -2.37. The summed E-state index contributed by atoms with van der Waals surface area (Å²) in [6, 6.07) is 11.7. The number of sulfone groups is 1. The molecule has 0 bridgehead atoms. The number of hydrogen-bond acceptors (Lipinski definition) is 6. The van der Waals surface area contributed by atoms with Crippen LogP contribution in [0.3, 0.4) is 0 Å². The summed E-state index contributed by atoms with van der Waals surface area (Å²) in [6.45, 7) is 2.24. The monoisotopic (exact) mass is 418 g/mol. The molecule has 0 aliphatic carbocycles. The second-order valence-corrected chi connectivity index (χ2v) is 8.77. The molecule has 0 atom stereocenters. The number of rotatable bonds is 4. The van der Waals surface area contributed by atoms with Crippen LogP contribution in [0.1, 0.15) is 0 Å². The molecule has 0 unspecified atom stereocenters. The van der Waals surface area contributed by atoms with Gasteiger partial charge in [0.25, 0.3) is 0 Å². The highest BCUT2D eigenvalue weighted by molar-refractivity contribution is 7.91. The van der Waals surface area contributed by atoms with Crippen LogP contribution in [0.4, 0.5) is 5.69 Å². The normalized spacial score (nSPS) is 15.0. The van der Waals surface area contributed by atoms with E-state index in [1.807, 2.05) is 4.90 Å². The number of pyridine rings is 1. The van der Waals surface area contributed by atoms with Crippen molar-refractivity contribution in [1.29, 1.82) is 0 Å². The van der Waals surface area contributed by atoms with Crippen molar-refractivity contribution in [3.05, 3.63) is 53.7 Å². The van der Waals surface area contributed by atoms with E-state index in [-0.39, 0.29) is 9.79 Å². The first-order valence-corrected chi connectivity index (χ1v) is 10.7. The van der Waals surface area contributed by atoms with E-state index >= 15 is 0 Å². The number of ether oxygens (including phenoxy) is 2. The smallest absolute Gasteiger partial charge is 0.210 e. The van der Waals surface area contributed by atoms with Crippen molar-refractivity contribution in [1.82, 2.24) is 4.98 Å². The largest absolute Gasteiger partial charge is 0.497 e. The van der Waals surface area contributed by atoms with Crippen LogP contribution in [0.5, 0.6) is 5.75 Å². The molecule has 28 heavy (non-hydrogen) atoms. The molecule has 146 valence electrons. The maximum Gasteiger partial charge on any atom is 0.210 e. The lowest BCUT2D eigenvalue weighted by Gasteiger charge is -2.31. The van der Waals surface area contributed by atoms with Gasteiger partial charge < -0.3 is 14.4 Å². The molecule has 8 heteroatoms. The van der Waals surface area contributed by atoms with Gasteiger partial charge in [-0.3, -0.25) is 4.98 Å². The average Bonchev–Trinajstić information content (AvgIpc) is 2.73. The molecule has 1 saturated heterocycles. The topological polar surface area (TPSA) is 68.7 Å². The molecule has 1 aliphatic heterocycles. The predicted molar refractivity (Wildman–Crippen MR) is 108 cm³/mol. The molecule has 6 nitrogen and oxygen atoms in total. The Hall–Kier alpha value is -2.35. The number of halogens is 1. The van der Waals surface area contributed by atoms with Crippen LogP contribution in [0.15, 0.2) is 58.5 Å². The minimum Gasteiger partial charge on any atom is -0.497 e. The van der Waals surface area contributed by atoms with Crippen LogP contribution < -0.4 is 9.64 Å². The SMILES string of the molecule is COc1cccc(S(=O)(=O)c2cnc3ccc(Cl)cc3c2N2CCOCC2)c1. The van der Waals surface area contributed by atoms with Gasteiger partial charge in [0.2, 0.25) is 9.84 Å². The highest BCUT2D eigenvalue weighted by atomic mass is 35.5. The van der Waals surface area contributed by atoms with E-state index in [1.165, 1.54) is 19.4 Å². The molecule has 0 N–H and O–H groups in total. The summed E-state index contributed by atoms with van der Waals surface area (Å²) in [5.41, 5.74) is 1.30. The van der Waals surface area contributed by atoms with Crippen LogP contribution in [0, 0.1) is 0 Å². The average molecular weight is 419 g/mol. The number of methoxy groups -OCH3 is 1. The minimum atomic E-state index is -3.82. The van der Waals surface area contributed by atoms with Crippen molar-refractivity contribution < 1.29 is 17.9 Å². The van der Waals surface area contributed by atoms with Gasteiger partial charge in [-0.25, -0.2) is 8.42 Å². The molecule has 2 heterocycles. The van der Waals surface area contributed by atoms with Crippen molar-refractivity contribution in [3.63, 3.8) is 0 Å². The fraction of sp³-hybridized carbons (Fsp3) is 0.250. The molecule has 0 radical (unpaired) electrons. The molecular weight excluding hydrogens is 400 g/mol. The first-order chi connectivity index (χ1) is 13.5. The number of anilines is 1. The van der Waals surface area contributed by atoms with E-state index in [0.717, 1.165) is 0 Å². The van der Waals surface area contributed by atoms with Gasteiger partial charge in [0, 0.05) is 29.7 Å². The Morgan fingerprint density at radius 1 is 1.14 bits per heavy atom. The summed E-state index contributed by atoms with van der Waals surface area (Å²) in [4.78, 5) is 6.72. The number of aromatic nitrogens is 1. The van der Waals surface area contributed by atoms with Crippen LogP contribution in [-0.4, -0.2) is 46.8 Å². The van der Waals surface area contributed by atoms with Crippen LogP contribution in [0.2, 0.25) is 5.02 Å². The molecule has 1 fully saturated rings. The highest BCUT2D eigenvalue weighted by Crippen LogP contribution is 2.37. The number of nitrogens with zero attached hydrogens (tertiary/aromatic N) is 2. The van der Waals surface area contributed by atoms with E-state index in [9.17, 15) is 8.42 Å². The third-order valence-electron chi connectivity index (χ3n) is 4.74. The summed E-state index contributed by atoms with van der Waals surface area (Å²) in [5.74, 6) is 0.478. The fourth-order valence-corrected chi connectivity index (χ4v) is 4.98. The summed E-state index contributed by atoms with van der Waals surface area (Å²) in [5, 5.41) is 1.23. The van der Waals surface area contributed by atoms with Crippen molar-refractivity contribution in [2.75, 3.05) is 38.3 Å². The maximum absolute atomic E-state index is 13.5. The molecule has 4 rings (SSSR count). The predicted octanol–water partition coefficient (Wildman–Crippen LogP) is 3.57. The van der Waals surface area contributed by atoms with Crippen molar-refractivity contribution in [2.24, 2.45) is 0 Å². The van der Waals surface area contributed by atoms with Gasteiger partial charge in [0.05, 0.1) is 36.4 Å². The lowest BCUT2D eigenvalue weighted by molar-refractivity contribution is 0.122. The van der Waals surface area contributed by atoms with Gasteiger partial charge >= 0.3 is 0 Å². The van der Waals surface area contributed by atoms with E-state index in [4.69, 9.17) is 21.1 Å². The van der Waals surface area contributed by atoms with Gasteiger partial charge in [-0.05, 0) is 36.4 Å². The zero-order valence-corrected chi connectivity index (χ0v) is 16.8. The Balaban J connectivity index is 1.97. The Morgan fingerprint density at radius 2 is 1.93 bits per heavy atom. The van der Waals surface area contributed by atoms with Gasteiger partial charge in [-0.1, -0.05) is 17.7 Å². The molecular formula is C20H19ClN2O4S. The molecule has 1 aromatic heterocycles. The highest BCUT2D eigenvalue weighted by Gasteiger charge is 2.28. The number of benzene rings is 2. The van der Waals surface area contributed by atoms with Gasteiger partial charge in [-0.15, -0.1) is 0 Å². The lowest BCUT2D eigenvalue weighted by atomic mass is 10.1. The summed E-state index contributed by atoms with van der Waals surface area (Å²) >= 11 is 6.22. The number of hydrogen-bond donors (Lipinski definition) is 0. The third-order valence-corrected chi connectivity index (χ3v) is 6.72. The van der Waals surface area contributed by atoms with Gasteiger partial charge in [0.1, 0.15) is 10.6 Å². The molecule has 3 aromatic rings. The Bertz CT molecular complexity index is 1130. The first-order valence-electron chi connectivity index (χ1n) is 8.81. The summed E-state index contributed by atoms with van der Waals surface area (Å²) in [6.07, 6.45) is 1.43. The first kappa shape index (κ1) is 19.0. The molecule has 1 aliphatic rings. The third kappa shape index (κ3) is 3.41. The van der Waals surface area contributed by atoms with E-state index in [1.54, 1.807) is 36.4 Å². The molecule has 2 aromatic carbocycles. The maximum atomic E-state index is 13.5. The zero-order valence-electron chi connectivity index (χ0n) is 15.3. The van der Waals surface area contributed by atoms with E-state index in [2.05, 4.69) is 4.98 Å². The quantitative estimate of drug-likeness (QED) is 0.645. The van der Waals surface area contributed by atoms with Crippen LogP contribution in [-0.2, 0) is 14.6 Å². The molecule has 0 spiro atoms. The Kier molecular flexibility index (Phi) is 5.14. The summed E-state index contributed by atoms with van der Waals surface area (Å²) < 4.78 is 37.7. The van der Waals surface area contributed by atoms with E-state index < -0.39 is 9.84 Å². The number of fused-ring (bicyclic) bond motifs is 1. The zero-order chi connectivity index (χ0) is 19.7. The van der Waals surface area contributed by atoms with Crippen molar-refractivity contribution in [3.8, 4) is 5.75 Å². The standard InChI is InChI=1S/C20H19ClN2O4S/c1-26-15-3-2-4-16(12-15)28(24,25)19-13-22-18-6-5-14(21)11-17(18)20(19)23-7-9-27-10-8-23/h2-6,11-13H,7-10H2,1H3.